The molecule has 0 aliphatic rings. The van der Waals surface area contributed by atoms with Gasteiger partial charge in [0.2, 0.25) is 5.16 Å². The van der Waals surface area contributed by atoms with Crippen molar-refractivity contribution in [3.8, 4) is 11.5 Å². The molecule has 3 aromatic rings. The molecule has 0 radical (unpaired) electrons. The van der Waals surface area contributed by atoms with Crippen LogP contribution in [0.1, 0.15) is 12.5 Å². The zero-order valence-electron chi connectivity index (χ0n) is 15.4. The molecule has 27 heavy (non-hydrogen) atoms. The van der Waals surface area contributed by atoms with Gasteiger partial charge in [0.25, 0.3) is 10.0 Å². The number of nitrogens with one attached hydrogen (secondary N) is 3. The van der Waals surface area contributed by atoms with E-state index < -0.39 is 10.0 Å². The summed E-state index contributed by atoms with van der Waals surface area (Å²) < 4.78 is 38.4. The summed E-state index contributed by atoms with van der Waals surface area (Å²) in [5, 5.41) is 3.05. The van der Waals surface area contributed by atoms with Crippen molar-refractivity contribution in [2.24, 2.45) is 0 Å². The topological polar surface area (TPSA) is 105 Å². The maximum Gasteiger partial charge on any atom is 0.274 e. The number of imidazole rings is 1. The lowest BCUT2D eigenvalue weighted by Gasteiger charge is -2.11. The smallest absolute Gasteiger partial charge is 0.274 e. The predicted octanol–water partition coefficient (Wildman–Crippen LogP) is 2.49. The molecule has 0 atom stereocenters. The van der Waals surface area contributed by atoms with Crippen molar-refractivity contribution in [1.29, 1.82) is 0 Å². The van der Waals surface area contributed by atoms with Gasteiger partial charge in [-0.05, 0) is 18.6 Å². The van der Waals surface area contributed by atoms with E-state index in [9.17, 15) is 8.42 Å². The van der Waals surface area contributed by atoms with Gasteiger partial charge in [-0.15, -0.1) is 0 Å². The minimum Gasteiger partial charge on any atom is -0.493 e. The Kier molecular flexibility index (Phi) is 5.52. The Morgan fingerprint density at radius 1 is 1.11 bits per heavy atom. The van der Waals surface area contributed by atoms with Crippen molar-refractivity contribution < 1.29 is 17.9 Å². The van der Waals surface area contributed by atoms with Crippen molar-refractivity contribution in [2.45, 2.75) is 18.6 Å². The minimum absolute atomic E-state index is 0.148. The lowest BCUT2D eigenvalue weighted by molar-refractivity contribution is 0.356. The number of hydrogen-bond donors (Lipinski definition) is 3. The highest BCUT2D eigenvalue weighted by atomic mass is 32.2. The summed E-state index contributed by atoms with van der Waals surface area (Å²) in [4.78, 5) is 7.01. The summed E-state index contributed by atoms with van der Waals surface area (Å²) >= 11 is 0. The molecule has 3 N–H and O–H groups in total. The molecule has 0 bridgehead atoms. The molecule has 0 spiro atoms. The number of methoxy groups -OCH3 is 2. The Morgan fingerprint density at radius 2 is 1.81 bits per heavy atom. The third kappa shape index (κ3) is 3.99. The van der Waals surface area contributed by atoms with E-state index in [1.807, 2.05) is 31.2 Å². The van der Waals surface area contributed by atoms with Gasteiger partial charge in [-0.1, -0.05) is 18.2 Å². The van der Waals surface area contributed by atoms with Gasteiger partial charge < -0.3 is 19.8 Å². The van der Waals surface area contributed by atoms with Gasteiger partial charge in [0.1, 0.15) is 0 Å². The second-order valence-electron chi connectivity index (χ2n) is 5.78. The molecule has 0 unspecified atom stereocenters. The molecule has 0 saturated carbocycles. The molecule has 2 aromatic carbocycles. The van der Waals surface area contributed by atoms with Crippen LogP contribution in [0.15, 0.2) is 41.6 Å². The van der Waals surface area contributed by atoms with Gasteiger partial charge >= 0.3 is 0 Å². The van der Waals surface area contributed by atoms with Gasteiger partial charge in [0.15, 0.2) is 11.5 Å². The van der Waals surface area contributed by atoms with Gasteiger partial charge in [-0.3, -0.25) is 0 Å². The number of nitrogens with zero attached hydrogens (tertiary/aromatic N) is 1. The second-order valence-corrected chi connectivity index (χ2v) is 7.46. The number of rotatable bonds is 8. The molecule has 9 heteroatoms. The van der Waals surface area contributed by atoms with Crippen molar-refractivity contribution in [3.05, 3.63) is 42.0 Å². The highest BCUT2D eigenvalue weighted by Gasteiger charge is 2.20. The highest BCUT2D eigenvalue weighted by Crippen LogP contribution is 2.31. The van der Waals surface area contributed by atoms with Crippen LogP contribution in [0.2, 0.25) is 0 Å². The van der Waals surface area contributed by atoms with Crippen LogP contribution in [0, 0.1) is 0 Å². The molecule has 0 aliphatic heterocycles. The van der Waals surface area contributed by atoms with Crippen LogP contribution in [-0.2, 0) is 16.6 Å². The molecule has 0 amide bonds. The number of ether oxygens (including phenoxy) is 2. The summed E-state index contributed by atoms with van der Waals surface area (Å²) in [7, 11) is -0.791. The molecule has 0 aliphatic carbocycles. The van der Waals surface area contributed by atoms with Crippen LogP contribution < -0.4 is 19.5 Å². The zero-order valence-corrected chi connectivity index (χ0v) is 16.2. The molecule has 1 heterocycles. The largest absolute Gasteiger partial charge is 0.493 e. The molecule has 0 saturated heterocycles. The number of fused-ring (bicyclic) bond motifs is 1. The average molecular weight is 390 g/mol. The number of hydrogen-bond acceptors (Lipinski definition) is 6. The standard InChI is InChI=1S/C18H22N4O4S/c1-4-19-13-8-6-5-7-12(13)11-20-27(23,24)18-21-14-9-16(25-2)17(26-3)10-15(14)22-18/h5-10,19-20H,4,11H2,1-3H3,(H,21,22). The number of anilines is 1. The van der Waals surface area contributed by atoms with Crippen LogP contribution in [0.4, 0.5) is 5.69 Å². The van der Waals surface area contributed by atoms with Crippen LogP contribution in [-0.4, -0.2) is 39.2 Å². The number of H-pyrrole nitrogens is 1. The fourth-order valence-electron chi connectivity index (χ4n) is 2.72. The van der Waals surface area contributed by atoms with Crippen molar-refractivity contribution in [2.75, 3.05) is 26.1 Å². The van der Waals surface area contributed by atoms with E-state index in [-0.39, 0.29) is 11.7 Å². The van der Waals surface area contributed by atoms with Crippen LogP contribution in [0.25, 0.3) is 11.0 Å². The summed E-state index contributed by atoms with van der Waals surface area (Å²) in [6.45, 7) is 2.88. The van der Waals surface area contributed by atoms with E-state index in [1.165, 1.54) is 14.2 Å². The maximum absolute atomic E-state index is 12.7. The van der Waals surface area contributed by atoms with Gasteiger partial charge in [0, 0.05) is 30.9 Å². The minimum atomic E-state index is -3.82. The molecule has 144 valence electrons. The van der Waals surface area contributed by atoms with Crippen molar-refractivity contribution >= 4 is 26.7 Å². The monoisotopic (exact) mass is 390 g/mol. The quantitative estimate of drug-likeness (QED) is 0.546. The predicted molar refractivity (Wildman–Crippen MR) is 104 cm³/mol. The lowest BCUT2D eigenvalue weighted by atomic mass is 10.2. The second kappa shape index (κ2) is 7.85. The highest BCUT2D eigenvalue weighted by molar-refractivity contribution is 7.89. The fourth-order valence-corrected chi connectivity index (χ4v) is 3.66. The van der Waals surface area contributed by atoms with Crippen LogP contribution in [0.3, 0.4) is 0 Å². The molecular formula is C18H22N4O4S. The first-order chi connectivity index (χ1) is 13.0. The SMILES string of the molecule is CCNc1ccccc1CNS(=O)(=O)c1nc2cc(OC)c(OC)cc2[nH]1. The summed E-state index contributed by atoms with van der Waals surface area (Å²) in [5.41, 5.74) is 2.76. The Balaban J connectivity index is 1.87. The first-order valence-electron chi connectivity index (χ1n) is 8.41. The summed E-state index contributed by atoms with van der Waals surface area (Å²) in [6, 6.07) is 10.8. The first kappa shape index (κ1) is 19.0. The molecule has 3 rings (SSSR count). The third-order valence-electron chi connectivity index (χ3n) is 4.06. The number of aromatic amines is 1. The third-order valence-corrected chi connectivity index (χ3v) is 5.28. The number of aromatic nitrogens is 2. The Bertz CT molecular complexity index is 1010. The van der Waals surface area contributed by atoms with E-state index in [2.05, 4.69) is 20.0 Å². The Morgan fingerprint density at radius 3 is 2.52 bits per heavy atom. The number of sulfonamides is 1. The Labute approximate surface area is 158 Å². The van der Waals surface area contributed by atoms with E-state index in [4.69, 9.17) is 9.47 Å². The molecule has 0 fully saturated rings. The number of para-hydroxylation sites is 1. The lowest BCUT2D eigenvalue weighted by Crippen LogP contribution is -2.24. The van der Waals surface area contributed by atoms with E-state index in [1.54, 1.807) is 12.1 Å². The van der Waals surface area contributed by atoms with Crippen molar-refractivity contribution in [3.63, 3.8) is 0 Å². The fraction of sp³-hybridized carbons (Fsp3) is 0.278. The summed E-state index contributed by atoms with van der Waals surface area (Å²) in [5.74, 6) is 0.970. The van der Waals surface area contributed by atoms with E-state index in [0.717, 1.165) is 17.8 Å². The zero-order chi connectivity index (χ0) is 19.4. The average Bonchev–Trinajstić information content (AvgIpc) is 3.10. The Hall–Kier alpha value is -2.78. The van der Waals surface area contributed by atoms with E-state index in [0.29, 0.717) is 22.5 Å². The van der Waals surface area contributed by atoms with Gasteiger partial charge in [0.05, 0.1) is 25.3 Å². The van der Waals surface area contributed by atoms with E-state index >= 15 is 0 Å². The van der Waals surface area contributed by atoms with Crippen molar-refractivity contribution in [1.82, 2.24) is 14.7 Å². The maximum atomic E-state index is 12.7. The van der Waals surface area contributed by atoms with Gasteiger partial charge in [-0.2, -0.15) is 0 Å². The molecule has 8 nitrogen and oxygen atoms in total. The molecular weight excluding hydrogens is 368 g/mol. The van der Waals surface area contributed by atoms with Gasteiger partial charge in [-0.25, -0.2) is 18.1 Å². The van der Waals surface area contributed by atoms with Crippen LogP contribution in [0.5, 0.6) is 11.5 Å². The van der Waals surface area contributed by atoms with Crippen LogP contribution >= 0.6 is 0 Å². The normalized spacial score (nSPS) is 11.5. The number of benzene rings is 2. The summed E-state index contributed by atoms with van der Waals surface area (Å²) in [6.07, 6.45) is 0. The first-order valence-corrected chi connectivity index (χ1v) is 9.90. The molecule has 1 aromatic heterocycles.